The number of aliphatic hydroxyl groups excluding tert-OH is 1. The lowest BCUT2D eigenvalue weighted by Crippen LogP contribution is -1.80. The van der Waals surface area contributed by atoms with E-state index < -0.39 is 5.83 Å². The number of hydrogen-bond acceptors (Lipinski definition) is 1. The number of rotatable bonds is 2. The summed E-state index contributed by atoms with van der Waals surface area (Å²) in [4.78, 5) is 0. The topological polar surface area (TPSA) is 20.2 Å². The second kappa shape index (κ2) is 3.88. The first-order valence-electron chi connectivity index (χ1n) is 2.96. The number of halogens is 1. The van der Waals surface area contributed by atoms with Gasteiger partial charge in [-0.1, -0.05) is 12.2 Å². The van der Waals surface area contributed by atoms with Crippen molar-refractivity contribution in [2.75, 3.05) is 0 Å². The highest BCUT2D eigenvalue weighted by Gasteiger charge is 1.97. The van der Waals surface area contributed by atoms with Crippen LogP contribution in [0.1, 0.15) is 13.8 Å². The van der Waals surface area contributed by atoms with E-state index in [2.05, 4.69) is 6.58 Å². The summed E-state index contributed by atoms with van der Waals surface area (Å²) in [5, 5.41) is 8.75. The van der Waals surface area contributed by atoms with Crippen LogP contribution in [0.2, 0.25) is 0 Å². The quantitative estimate of drug-likeness (QED) is 0.464. The van der Waals surface area contributed by atoms with Gasteiger partial charge in [0.1, 0.15) is 5.76 Å². The van der Waals surface area contributed by atoms with Gasteiger partial charge in [-0.2, -0.15) is 0 Å². The normalized spacial score (nSPS) is 13.5. The Kier molecular flexibility index (Phi) is 3.47. The van der Waals surface area contributed by atoms with Crippen LogP contribution in [0.25, 0.3) is 0 Å². The van der Waals surface area contributed by atoms with E-state index in [-0.39, 0.29) is 5.76 Å². The van der Waals surface area contributed by atoms with Crippen LogP contribution in [0.3, 0.4) is 0 Å². The predicted octanol–water partition coefficient (Wildman–Crippen LogP) is 2.88. The van der Waals surface area contributed by atoms with Crippen molar-refractivity contribution >= 4 is 0 Å². The lowest BCUT2D eigenvalue weighted by atomic mass is 10.3. The lowest BCUT2D eigenvalue weighted by molar-refractivity contribution is 0.388. The maximum atomic E-state index is 12.5. The lowest BCUT2D eigenvalue weighted by Gasteiger charge is -1.93. The molecule has 0 heterocycles. The largest absolute Gasteiger partial charge is 0.505 e. The zero-order chi connectivity index (χ0) is 8.15. The standard InChI is InChI=1S/C8H11FO/c1-4-8(10)7(9)5-6(2)3/h4-5,10H,2H2,1,3H3/b7-5+,8-4+. The Morgan fingerprint density at radius 2 is 2.10 bits per heavy atom. The molecule has 0 aromatic heterocycles. The van der Waals surface area contributed by atoms with Crippen LogP contribution in [0.15, 0.2) is 35.9 Å². The molecule has 0 spiro atoms. The fourth-order valence-electron chi connectivity index (χ4n) is 0.428. The van der Waals surface area contributed by atoms with Gasteiger partial charge in [-0.3, -0.25) is 0 Å². The highest BCUT2D eigenvalue weighted by atomic mass is 19.1. The molecule has 0 aliphatic carbocycles. The van der Waals surface area contributed by atoms with E-state index in [0.717, 1.165) is 0 Å². The Morgan fingerprint density at radius 3 is 2.40 bits per heavy atom. The first-order valence-corrected chi connectivity index (χ1v) is 2.96. The number of allylic oxidation sites excluding steroid dienone is 4. The third kappa shape index (κ3) is 3.07. The van der Waals surface area contributed by atoms with Crippen molar-refractivity contribution in [1.29, 1.82) is 0 Å². The maximum absolute atomic E-state index is 12.5. The molecule has 0 saturated carbocycles. The fraction of sp³-hybridized carbons (Fsp3) is 0.250. The van der Waals surface area contributed by atoms with Crippen LogP contribution >= 0.6 is 0 Å². The minimum atomic E-state index is -0.644. The van der Waals surface area contributed by atoms with Crippen molar-refractivity contribution in [2.45, 2.75) is 13.8 Å². The molecule has 0 unspecified atom stereocenters. The predicted molar refractivity (Wildman–Crippen MR) is 40.4 cm³/mol. The Labute approximate surface area is 60.2 Å². The van der Waals surface area contributed by atoms with Crippen molar-refractivity contribution in [2.24, 2.45) is 0 Å². The van der Waals surface area contributed by atoms with Crippen LogP contribution in [0, 0.1) is 0 Å². The van der Waals surface area contributed by atoms with E-state index in [1.165, 1.54) is 12.2 Å². The van der Waals surface area contributed by atoms with Crippen molar-refractivity contribution < 1.29 is 9.50 Å². The van der Waals surface area contributed by atoms with E-state index >= 15 is 0 Å². The molecule has 10 heavy (non-hydrogen) atoms. The van der Waals surface area contributed by atoms with Gasteiger partial charge >= 0.3 is 0 Å². The number of aliphatic hydroxyl groups is 1. The van der Waals surface area contributed by atoms with Crippen LogP contribution in [0.5, 0.6) is 0 Å². The SMILES string of the molecule is C=C(C)/C=C(F)\C(O)=C/C. The summed E-state index contributed by atoms with van der Waals surface area (Å²) in [7, 11) is 0. The minimum absolute atomic E-state index is 0.344. The van der Waals surface area contributed by atoms with Crippen LogP contribution in [0.4, 0.5) is 4.39 Å². The molecule has 0 rings (SSSR count). The summed E-state index contributed by atoms with van der Waals surface area (Å²) in [5.74, 6) is -0.988. The molecule has 1 nitrogen and oxygen atoms in total. The molecule has 2 heteroatoms. The van der Waals surface area contributed by atoms with Crippen LogP contribution in [-0.2, 0) is 0 Å². The van der Waals surface area contributed by atoms with Gasteiger partial charge < -0.3 is 5.11 Å². The van der Waals surface area contributed by atoms with Gasteiger partial charge in [0.15, 0.2) is 5.83 Å². The molecule has 0 radical (unpaired) electrons. The molecule has 56 valence electrons. The van der Waals surface area contributed by atoms with E-state index in [0.29, 0.717) is 5.57 Å². The molecule has 0 saturated heterocycles. The molecular weight excluding hydrogens is 131 g/mol. The van der Waals surface area contributed by atoms with Crippen molar-refractivity contribution in [3.63, 3.8) is 0 Å². The Bertz CT molecular complexity index is 189. The molecule has 1 N–H and O–H groups in total. The maximum Gasteiger partial charge on any atom is 0.164 e. The van der Waals surface area contributed by atoms with Crippen molar-refractivity contribution in [1.82, 2.24) is 0 Å². The van der Waals surface area contributed by atoms with E-state index in [4.69, 9.17) is 5.11 Å². The van der Waals surface area contributed by atoms with Crippen molar-refractivity contribution in [3.8, 4) is 0 Å². The highest BCUT2D eigenvalue weighted by Crippen LogP contribution is 2.09. The molecule has 0 bridgehead atoms. The Hall–Kier alpha value is -1.05. The Balaban J connectivity index is 4.35. The van der Waals surface area contributed by atoms with Gasteiger partial charge in [-0.25, -0.2) is 4.39 Å². The molecular formula is C8H11FO. The molecule has 0 fully saturated rings. The Morgan fingerprint density at radius 1 is 1.60 bits per heavy atom. The molecule has 0 atom stereocenters. The molecule has 0 aliphatic heterocycles. The van der Waals surface area contributed by atoms with Gasteiger partial charge in [-0.15, -0.1) is 0 Å². The molecule has 0 amide bonds. The zero-order valence-electron chi connectivity index (χ0n) is 6.19. The smallest absolute Gasteiger partial charge is 0.164 e. The van der Waals surface area contributed by atoms with Crippen molar-refractivity contribution in [3.05, 3.63) is 35.9 Å². The summed E-state index contributed by atoms with van der Waals surface area (Å²) >= 11 is 0. The average Bonchev–Trinajstić information content (AvgIpc) is 1.85. The third-order valence-corrected chi connectivity index (χ3v) is 0.891. The molecule has 0 aliphatic rings. The van der Waals surface area contributed by atoms with E-state index in [1.807, 2.05) is 0 Å². The first-order chi connectivity index (χ1) is 4.57. The van der Waals surface area contributed by atoms with Gasteiger partial charge in [0.25, 0.3) is 0 Å². The van der Waals surface area contributed by atoms with Gasteiger partial charge in [0.2, 0.25) is 0 Å². The zero-order valence-corrected chi connectivity index (χ0v) is 6.19. The van der Waals surface area contributed by atoms with Gasteiger partial charge in [0.05, 0.1) is 0 Å². The number of hydrogen-bond donors (Lipinski definition) is 1. The van der Waals surface area contributed by atoms with E-state index in [1.54, 1.807) is 13.8 Å². The highest BCUT2D eigenvalue weighted by molar-refractivity contribution is 5.25. The molecule has 0 aromatic carbocycles. The second-order valence-electron chi connectivity index (χ2n) is 2.01. The van der Waals surface area contributed by atoms with E-state index in [9.17, 15) is 4.39 Å². The summed E-state index contributed by atoms with van der Waals surface area (Å²) in [6, 6.07) is 0. The average molecular weight is 142 g/mol. The van der Waals surface area contributed by atoms with Crippen LogP contribution in [-0.4, -0.2) is 5.11 Å². The first kappa shape index (κ1) is 8.95. The summed E-state index contributed by atoms with van der Waals surface area (Å²) in [6.45, 7) is 6.67. The second-order valence-corrected chi connectivity index (χ2v) is 2.01. The summed E-state index contributed by atoms with van der Waals surface area (Å²) < 4.78 is 12.5. The summed E-state index contributed by atoms with van der Waals surface area (Å²) in [5.41, 5.74) is 0.575. The fourth-order valence-corrected chi connectivity index (χ4v) is 0.428. The third-order valence-electron chi connectivity index (χ3n) is 0.891. The van der Waals surface area contributed by atoms with Gasteiger partial charge in [0, 0.05) is 0 Å². The van der Waals surface area contributed by atoms with Crippen LogP contribution < -0.4 is 0 Å². The molecule has 0 aromatic rings. The monoisotopic (exact) mass is 142 g/mol. The van der Waals surface area contributed by atoms with Gasteiger partial charge in [-0.05, 0) is 26.0 Å². The minimum Gasteiger partial charge on any atom is -0.505 e. The summed E-state index contributed by atoms with van der Waals surface area (Å²) in [6.07, 6.45) is 2.46.